The third-order valence-corrected chi connectivity index (χ3v) is 7.54. The summed E-state index contributed by atoms with van der Waals surface area (Å²) in [5.74, 6) is 1.60. The van der Waals surface area contributed by atoms with E-state index >= 15 is 0 Å². The van der Waals surface area contributed by atoms with E-state index in [1.54, 1.807) is 41.5 Å². The smallest absolute Gasteiger partial charge is 0.274 e. The summed E-state index contributed by atoms with van der Waals surface area (Å²) in [6.45, 7) is 4.32. The molecule has 4 aromatic heterocycles. The minimum Gasteiger partial charge on any atom is -0.495 e. The van der Waals surface area contributed by atoms with Crippen LogP contribution in [-0.4, -0.2) is 77.2 Å². The molecule has 0 saturated carbocycles. The van der Waals surface area contributed by atoms with Gasteiger partial charge in [-0.25, -0.2) is 14.6 Å². The van der Waals surface area contributed by atoms with Gasteiger partial charge in [-0.3, -0.25) is 9.36 Å². The number of nitrogens with one attached hydrogen (secondary N) is 1. The third kappa shape index (κ3) is 4.58. The van der Waals surface area contributed by atoms with Crippen LogP contribution >= 0.6 is 11.6 Å². The average molecular weight is 562 g/mol. The number of halogens is 1. The van der Waals surface area contributed by atoms with Gasteiger partial charge in [-0.2, -0.15) is 5.10 Å². The van der Waals surface area contributed by atoms with Gasteiger partial charge in [0.25, 0.3) is 5.91 Å². The Bertz CT molecular complexity index is 1720. The molecule has 1 aliphatic rings. The molecule has 12 nitrogen and oxygen atoms in total. The van der Waals surface area contributed by atoms with E-state index in [0.29, 0.717) is 54.3 Å². The van der Waals surface area contributed by atoms with Crippen molar-refractivity contribution in [3.05, 3.63) is 59.4 Å². The zero-order valence-electron chi connectivity index (χ0n) is 22.1. The van der Waals surface area contributed by atoms with Gasteiger partial charge in [-0.1, -0.05) is 17.7 Å². The highest BCUT2D eigenvalue weighted by molar-refractivity contribution is 6.32. The second kappa shape index (κ2) is 10.7. The van der Waals surface area contributed by atoms with Crippen molar-refractivity contribution in [1.29, 1.82) is 0 Å². The number of imidazole rings is 1. The van der Waals surface area contributed by atoms with E-state index in [9.17, 15) is 9.90 Å². The SMILES string of the molecule is CCn1ncc2c3c(NCc4ccc(OC)c(Cl)c4)nnc(-n4cnc(C(=O)N5CC[C@H](CO)C5)c4)c3cnc21. The number of aliphatic hydroxyl groups excluding tert-OH is 1. The van der Waals surface area contributed by atoms with Crippen molar-refractivity contribution in [2.24, 2.45) is 5.92 Å². The van der Waals surface area contributed by atoms with E-state index in [-0.39, 0.29) is 18.4 Å². The summed E-state index contributed by atoms with van der Waals surface area (Å²) in [5, 5.41) is 29.3. The van der Waals surface area contributed by atoms with Gasteiger partial charge in [0.1, 0.15) is 17.8 Å². The number of rotatable bonds is 8. The number of fused-ring (bicyclic) bond motifs is 3. The van der Waals surface area contributed by atoms with Crippen LogP contribution < -0.4 is 10.1 Å². The third-order valence-electron chi connectivity index (χ3n) is 7.24. The van der Waals surface area contributed by atoms with Crippen LogP contribution in [0.1, 0.15) is 29.4 Å². The molecule has 206 valence electrons. The van der Waals surface area contributed by atoms with Crippen molar-refractivity contribution in [2.75, 3.05) is 32.1 Å². The van der Waals surface area contributed by atoms with Crippen LogP contribution in [0.2, 0.25) is 5.02 Å². The normalized spacial score (nSPS) is 15.3. The van der Waals surface area contributed by atoms with Crippen molar-refractivity contribution in [2.45, 2.75) is 26.4 Å². The quantitative estimate of drug-likeness (QED) is 0.292. The van der Waals surface area contributed by atoms with Gasteiger partial charge in [0, 0.05) is 61.9 Å². The molecule has 0 bridgehead atoms. The van der Waals surface area contributed by atoms with Gasteiger partial charge in [0.15, 0.2) is 17.3 Å². The number of methoxy groups -OCH3 is 1. The molecule has 1 aromatic carbocycles. The van der Waals surface area contributed by atoms with E-state index in [1.165, 1.54) is 0 Å². The molecule has 0 spiro atoms. The zero-order valence-corrected chi connectivity index (χ0v) is 22.8. The number of likely N-dealkylation sites (tertiary alicyclic amines) is 1. The Morgan fingerprint density at radius 1 is 1.23 bits per heavy atom. The van der Waals surface area contributed by atoms with Crippen molar-refractivity contribution >= 4 is 45.1 Å². The summed E-state index contributed by atoms with van der Waals surface area (Å²) in [4.78, 5) is 23.8. The average Bonchev–Trinajstić information content (AvgIpc) is 3.75. The van der Waals surface area contributed by atoms with Crippen LogP contribution in [-0.2, 0) is 13.1 Å². The van der Waals surface area contributed by atoms with Crippen LogP contribution in [0.3, 0.4) is 0 Å². The minimum absolute atomic E-state index is 0.0712. The first-order valence-electron chi connectivity index (χ1n) is 13.0. The van der Waals surface area contributed by atoms with Gasteiger partial charge < -0.3 is 20.1 Å². The van der Waals surface area contributed by atoms with Crippen molar-refractivity contribution < 1.29 is 14.6 Å². The number of ether oxygens (including phenoxy) is 1. The standard InChI is InChI=1S/C27H28ClN9O3/c1-3-37-25-19(11-32-37)23-18(10-30-25)26(34-33-24(23)29-9-16-4-5-22(40-2)20(28)8-16)36-13-21(31-15-36)27(39)35-7-6-17(12-35)14-38/h4-5,8,10-11,13,15,17,38H,3,6-7,9,12,14H2,1-2H3,(H,29,33)/t17-/m0/s1. The predicted octanol–water partition coefficient (Wildman–Crippen LogP) is 3.31. The Morgan fingerprint density at radius 3 is 2.85 bits per heavy atom. The Labute approximate surface area is 234 Å². The molecule has 0 unspecified atom stereocenters. The first kappa shape index (κ1) is 26.0. The predicted molar refractivity (Wildman–Crippen MR) is 150 cm³/mol. The fourth-order valence-corrected chi connectivity index (χ4v) is 5.36. The lowest BCUT2D eigenvalue weighted by molar-refractivity contribution is 0.0776. The number of aliphatic hydroxyl groups is 1. The van der Waals surface area contributed by atoms with E-state index < -0.39 is 0 Å². The molecule has 0 radical (unpaired) electrons. The summed E-state index contributed by atoms with van der Waals surface area (Å²) in [7, 11) is 1.58. The second-order valence-corrected chi connectivity index (χ2v) is 10.1. The Morgan fingerprint density at radius 2 is 2.10 bits per heavy atom. The number of anilines is 1. The molecule has 5 aromatic rings. The van der Waals surface area contributed by atoms with Crippen LogP contribution in [0, 0.1) is 5.92 Å². The van der Waals surface area contributed by atoms with Crippen LogP contribution in [0.4, 0.5) is 5.82 Å². The molecule has 13 heteroatoms. The summed E-state index contributed by atoms with van der Waals surface area (Å²) in [6, 6.07) is 5.60. The van der Waals surface area contributed by atoms with E-state index in [0.717, 1.165) is 33.8 Å². The van der Waals surface area contributed by atoms with Gasteiger partial charge in [-0.05, 0) is 31.0 Å². The number of carbonyl (C=O) groups excluding carboxylic acids is 1. The molecule has 2 N–H and O–H groups in total. The number of nitrogens with zero attached hydrogens (tertiary/aromatic N) is 8. The fourth-order valence-electron chi connectivity index (χ4n) is 5.08. The molecule has 6 rings (SSSR count). The largest absolute Gasteiger partial charge is 0.495 e. The molecular formula is C27H28ClN9O3. The number of hydrogen-bond acceptors (Lipinski definition) is 9. The molecule has 1 fully saturated rings. The molecular weight excluding hydrogens is 534 g/mol. The summed E-state index contributed by atoms with van der Waals surface area (Å²) >= 11 is 6.33. The van der Waals surface area contributed by atoms with Crippen molar-refractivity contribution in [3.63, 3.8) is 0 Å². The molecule has 1 atom stereocenters. The van der Waals surface area contributed by atoms with Crippen LogP contribution in [0.15, 0.2) is 43.1 Å². The summed E-state index contributed by atoms with van der Waals surface area (Å²) < 4.78 is 8.77. The summed E-state index contributed by atoms with van der Waals surface area (Å²) in [6.07, 6.45) is 7.53. The van der Waals surface area contributed by atoms with E-state index in [4.69, 9.17) is 16.3 Å². The maximum atomic E-state index is 13.0. The highest BCUT2D eigenvalue weighted by Crippen LogP contribution is 2.32. The van der Waals surface area contributed by atoms with Gasteiger partial charge >= 0.3 is 0 Å². The molecule has 0 aliphatic carbocycles. The molecule has 40 heavy (non-hydrogen) atoms. The van der Waals surface area contributed by atoms with E-state index in [1.807, 2.05) is 29.8 Å². The van der Waals surface area contributed by atoms with Crippen LogP contribution in [0.5, 0.6) is 5.75 Å². The number of pyridine rings is 1. The van der Waals surface area contributed by atoms with Crippen LogP contribution in [0.25, 0.3) is 27.6 Å². The van der Waals surface area contributed by atoms with Crippen molar-refractivity contribution in [3.8, 4) is 11.6 Å². The lowest BCUT2D eigenvalue weighted by Gasteiger charge is -2.14. The molecule has 1 amide bonds. The highest BCUT2D eigenvalue weighted by Gasteiger charge is 2.28. The topological polar surface area (TPSA) is 136 Å². The monoisotopic (exact) mass is 561 g/mol. The lowest BCUT2D eigenvalue weighted by atomic mass is 10.1. The van der Waals surface area contributed by atoms with Gasteiger partial charge in [-0.15, -0.1) is 10.2 Å². The fraction of sp³-hybridized carbons (Fsp3) is 0.333. The van der Waals surface area contributed by atoms with E-state index in [2.05, 4.69) is 30.6 Å². The second-order valence-electron chi connectivity index (χ2n) is 9.69. The zero-order chi connectivity index (χ0) is 27.8. The van der Waals surface area contributed by atoms with Crippen molar-refractivity contribution in [1.82, 2.24) is 39.4 Å². The molecule has 1 aliphatic heterocycles. The molecule has 5 heterocycles. The Kier molecular flexibility index (Phi) is 6.95. The number of hydrogen-bond donors (Lipinski definition) is 2. The lowest BCUT2D eigenvalue weighted by Crippen LogP contribution is -2.29. The minimum atomic E-state index is -0.173. The Hall–Kier alpha value is -4.29. The Balaban J connectivity index is 1.38. The molecule has 1 saturated heterocycles. The number of benzene rings is 1. The van der Waals surface area contributed by atoms with Gasteiger partial charge in [0.05, 0.1) is 23.7 Å². The first-order valence-corrected chi connectivity index (χ1v) is 13.4. The number of aryl methyl sites for hydroxylation is 1. The maximum absolute atomic E-state index is 13.0. The maximum Gasteiger partial charge on any atom is 0.274 e. The first-order chi connectivity index (χ1) is 19.5. The number of aromatic nitrogens is 7. The number of amides is 1. The highest BCUT2D eigenvalue weighted by atomic mass is 35.5. The van der Waals surface area contributed by atoms with Gasteiger partial charge in [0.2, 0.25) is 0 Å². The summed E-state index contributed by atoms with van der Waals surface area (Å²) in [5.41, 5.74) is 1.99. The number of carbonyl (C=O) groups is 1.